The van der Waals surface area contributed by atoms with E-state index in [2.05, 4.69) is 16.0 Å². The van der Waals surface area contributed by atoms with Gasteiger partial charge in [-0.3, -0.25) is 4.79 Å². The number of carbonyl (C=O) groups excluding carboxylic acids is 1. The Morgan fingerprint density at radius 1 is 1.28 bits per heavy atom. The van der Waals surface area contributed by atoms with Crippen LogP contribution >= 0.6 is 0 Å². The van der Waals surface area contributed by atoms with Crippen LogP contribution < -0.4 is 5.73 Å². The molecule has 1 aromatic carbocycles. The maximum absolute atomic E-state index is 12.6. The summed E-state index contributed by atoms with van der Waals surface area (Å²) in [6.45, 7) is 4.08. The molecule has 25 heavy (non-hydrogen) atoms. The summed E-state index contributed by atoms with van der Waals surface area (Å²) in [7, 11) is 1.82. The molecule has 1 atom stereocenters. The molecular weight excluding hydrogens is 312 g/mol. The zero-order chi connectivity index (χ0) is 18.0. The number of nitrogens with two attached hydrogens (primary N) is 1. The number of aromatic nitrogens is 2. The van der Waals surface area contributed by atoms with Crippen molar-refractivity contribution >= 4 is 28.7 Å². The van der Waals surface area contributed by atoms with E-state index in [1.807, 2.05) is 45.2 Å². The van der Waals surface area contributed by atoms with E-state index in [-0.39, 0.29) is 11.9 Å². The zero-order valence-corrected chi connectivity index (χ0v) is 14.7. The van der Waals surface area contributed by atoms with Gasteiger partial charge in [0, 0.05) is 41.5 Å². The summed E-state index contributed by atoms with van der Waals surface area (Å²) in [6, 6.07) is 11.7. The van der Waals surface area contributed by atoms with Crippen LogP contribution in [0.15, 0.2) is 48.7 Å². The molecule has 128 valence electrons. The Kier molecular flexibility index (Phi) is 4.57. The molecule has 0 radical (unpaired) electrons. The van der Waals surface area contributed by atoms with E-state index in [1.54, 1.807) is 29.3 Å². The minimum atomic E-state index is -0.0611. The number of hydrogen-bond donors (Lipinski definition) is 2. The first-order chi connectivity index (χ1) is 12.0. The quantitative estimate of drug-likeness (QED) is 0.715. The number of aromatic amines is 1. The number of H-pyrrole nitrogens is 1. The lowest BCUT2D eigenvalue weighted by atomic mass is 10.0. The third-order valence-corrected chi connectivity index (χ3v) is 4.52. The maximum Gasteiger partial charge on any atom is 0.246 e. The molecule has 0 saturated heterocycles. The normalized spacial score (nSPS) is 12.6. The molecule has 0 aliphatic carbocycles. The van der Waals surface area contributed by atoms with E-state index in [0.29, 0.717) is 5.82 Å². The lowest BCUT2D eigenvalue weighted by Gasteiger charge is -2.24. The van der Waals surface area contributed by atoms with Gasteiger partial charge in [-0.25, -0.2) is 4.98 Å². The lowest BCUT2D eigenvalue weighted by Crippen LogP contribution is -2.28. The number of nitrogens with zero attached hydrogens (tertiary/aromatic N) is 2. The number of carbonyl (C=O) groups is 1. The highest BCUT2D eigenvalue weighted by Gasteiger charge is 2.20. The van der Waals surface area contributed by atoms with Gasteiger partial charge < -0.3 is 15.6 Å². The van der Waals surface area contributed by atoms with Crippen LogP contribution in [0.1, 0.15) is 29.8 Å². The van der Waals surface area contributed by atoms with Gasteiger partial charge in [0.1, 0.15) is 5.82 Å². The van der Waals surface area contributed by atoms with E-state index in [1.165, 1.54) is 0 Å². The number of benzene rings is 1. The Balaban J connectivity index is 1.81. The van der Waals surface area contributed by atoms with Crippen LogP contribution in [0.5, 0.6) is 0 Å². The molecule has 0 spiro atoms. The van der Waals surface area contributed by atoms with Crippen LogP contribution in [-0.2, 0) is 4.79 Å². The maximum atomic E-state index is 12.6. The monoisotopic (exact) mass is 334 g/mol. The van der Waals surface area contributed by atoms with Crippen LogP contribution in [-0.4, -0.2) is 27.8 Å². The molecule has 2 heterocycles. The number of fused-ring (bicyclic) bond motifs is 1. The summed E-state index contributed by atoms with van der Waals surface area (Å²) in [5.74, 6) is 0.401. The first-order valence-corrected chi connectivity index (χ1v) is 8.21. The molecule has 3 N–H and O–H groups in total. The topological polar surface area (TPSA) is 75.0 Å². The largest absolute Gasteiger partial charge is 0.384 e. The molecule has 0 aliphatic rings. The fraction of sp³-hybridized carbons (Fsp3) is 0.200. The zero-order valence-electron chi connectivity index (χ0n) is 14.7. The predicted molar refractivity (Wildman–Crippen MR) is 102 cm³/mol. The second-order valence-electron chi connectivity index (χ2n) is 6.18. The summed E-state index contributed by atoms with van der Waals surface area (Å²) >= 11 is 0. The number of para-hydroxylation sites is 1. The number of rotatable bonds is 4. The van der Waals surface area contributed by atoms with E-state index in [0.717, 1.165) is 27.7 Å². The van der Waals surface area contributed by atoms with Gasteiger partial charge in [-0.05, 0) is 43.7 Å². The molecular formula is C20H22N4O. The van der Waals surface area contributed by atoms with Crippen LogP contribution in [0.3, 0.4) is 0 Å². The first-order valence-electron chi connectivity index (χ1n) is 8.21. The van der Waals surface area contributed by atoms with Crippen molar-refractivity contribution in [1.29, 1.82) is 0 Å². The van der Waals surface area contributed by atoms with Gasteiger partial charge in [-0.15, -0.1) is 0 Å². The van der Waals surface area contributed by atoms with Crippen molar-refractivity contribution in [3.05, 3.63) is 65.5 Å². The van der Waals surface area contributed by atoms with Gasteiger partial charge in [0.15, 0.2) is 0 Å². The summed E-state index contributed by atoms with van der Waals surface area (Å²) in [5, 5.41) is 1.15. The molecule has 0 bridgehead atoms. The van der Waals surface area contributed by atoms with Gasteiger partial charge in [-0.1, -0.05) is 18.2 Å². The van der Waals surface area contributed by atoms with Crippen molar-refractivity contribution in [3.63, 3.8) is 0 Å². The summed E-state index contributed by atoms with van der Waals surface area (Å²) < 4.78 is 0. The molecule has 3 rings (SSSR count). The Morgan fingerprint density at radius 3 is 2.76 bits per heavy atom. The van der Waals surface area contributed by atoms with Crippen molar-refractivity contribution < 1.29 is 4.79 Å². The van der Waals surface area contributed by atoms with Gasteiger partial charge in [-0.2, -0.15) is 0 Å². The average molecular weight is 334 g/mol. The number of nitrogens with one attached hydrogen (secondary N) is 1. The SMILES string of the molecule is Cc1[nH]c2ccccc2c1C(C)N(C)C(=O)C=Cc1ccc(N)nc1. The number of hydrogen-bond acceptors (Lipinski definition) is 3. The Bertz CT molecular complexity index is 925. The highest BCUT2D eigenvalue weighted by molar-refractivity contribution is 5.92. The van der Waals surface area contributed by atoms with Crippen molar-refractivity contribution in [3.8, 4) is 0 Å². The van der Waals surface area contributed by atoms with Crippen LogP contribution in [0.25, 0.3) is 17.0 Å². The second-order valence-corrected chi connectivity index (χ2v) is 6.18. The second kappa shape index (κ2) is 6.81. The number of amides is 1. The van der Waals surface area contributed by atoms with Crippen LogP contribution in [0, 0.1) is 6.92 Å². The highest BCUT2D eigenvalue weighted by atomic mass is 16.2. The lowest BCUT2D eigenvalue weighted by molar-refractivity contribution is -0.126. The fourth-order valence-corrected chi connectivity index (χ4v) is 3.02. The molecule has 5 nitrogen and oxygen atoms in total. The molecule has 0 aliphatic heterocycles. The van der Waals surface area contributed by atoms with Crippen LogP contribution in [0.2, 0.25) is 0 Å². The van der Waals surface area contributed by atoms with Crippen LogP contribution in [0.4, 0.5) is 5.82 Å². The van der Waals surface area contributed by atoms with E-state index < -0.39 is 0 Å². The third kappa shape index (κ3) is 3.40. The number of pyridine rings is 1. The van der Waals surface area contributed by atoms with E-state index in [4.69, 9.17) is 5.73 Å². The van der Waals surface area contributed by atoms with Gasteiger partial charge in [0.2, 0.25) is 5.91 Å². The van der Waals surface area contributed by atoms with Crippen molar-refractivity contribution in [1.82, 2.24) is 14.9 Å². The van der Waals surface area contributed by atoms with Gasteiger partial charge >= 0.3 is 0 Å². The summed E-state index contributed by atoms with van der Waals surface area (Å²) in [6.07, 6.45) is 4.96. The smallest absolute Gasteiger partial charge is 0.246 e. The van der Waals surface area contributed by atoms with E-state index >= 15 is 0 Å². The Labute approximate surface area is 147 Å². The highest BCUT2D eigenvalue weighted by Crippen LogP contribution is 2.30. The Morgan fingerprint density at radius 2 is 2.04 bits per heavy atom. The molecule has 0 fully saturated rings. The third-order valence-electron chi connectivity index (χ3n) is 4.52. The standard InChI is InChI=1S/C20H22N4O/c1-13-20(16-6-4-5-7-17(16)23-13)14(2)24(3)19(25)11-9-15-8-10-18(21)22-12-15/h4-12,14,23H,1-3H3,(H2,21,22). The number of anilines is 1. The molecule has 2 aromatic heterocycles. The van der Waals surface area contributed by atoms with Crippen molar-refractivity contribution in [2.45, 2.75) is 19.9 Å². The number of likely N-dealkylation sites (N-methyl/N-ethyl adjacent to an activating group) is 1. The molecule has 1 unspecified atom stereocenters. The first kappa shape index (κ1) is 16.8. The number of aryl methyl sites for hydroxylation is 1. The van der Waals surface area contributed by atoms with E-state index in [9.17, 15) is 4.79 Å². The van der Waals surface area contributed by atoms with Gasteiger partial charge in [0.25, 0.3) is 0 Å². The molecule has 1 amide bonds. The molecule has 3 aromatic rings. The van der Waals surface area contributed by atoms with Gasteiger partial charge in [0.05, 0.1) is 6.04 Å². The van der Waals surface area contributed by atoms with Crippen molar-refractivity contribution in [2.75, 3.05) is 12.8 Å². The predicted octanol–water partition coefficient (Wildman–Crippen LogP) is 3.69. The molecule has 0 saturated carbocycles. The summed E-state index contributed by atoms with van der Waals surface area (Å²) in [5.41, 5.74) is 9.73. The fourth-order valence-electron chi connectivity index (χ4n) is 3.02. The number of nitrogen functional groups attached to an aromatic ring is 1. The Hall–Kier alpha value is -3.08. The minimum absolute atomic E-state index is 0.0437. The molecule has 5 heteroatoms. The van der Waals surface area contributed by atoms with Crippen molar-refractivity contribution in [2.24, 2.45) is 0 Å². The average Bonchev–Trinajstić information content (AvgIpc) is 2.95. The summed E-state index contributed by atoms with van der Waals surface area (Å²) in [4.78, 5) is 21.7. The minimum Gasteiger partial charge on any atom is -0.384 e.